The van der Waals surface area contributed by atoms with E-state index in [4.69, 9.17) is 9.47 Å². The third-order valence-corrected chi connectivity index (χ3v) is 97.2. The summed E-state index contributed by atoms with van der Waals surface area (Å²) in [4.78, 5) is 2.94. The normalized spacial score (nSPS) is 13.8. The number of ether oxygens (including phenoxy) is 2. The maximum atomic E-state index is 13.3. The van der Waals surface area contributed by atoms with Crippen LogP contribution in [-0.4, -0.2) is 16.8 Å². The molecule has 0 radical (unpaired) electrons. The van der Waals surface area contributed by atoms with Crippen LogP contribution < -0.4 is 19.7 Å². The third kappa shape index (κ3) is 20.3. The van der Waals surface area contributed by atoms with Gasteiger partial charge >= 0.3 is 0 Å². The largest absolute Gasteiger partial charge is 0.455 e. The number of hydrogen-bond donors (Lipinski definition) is 1. The fourth-order valence-electron chi connectivity index (χ4n) is 9.26. The van der Waals surface area contributed by atoms with Gasteiger partial charge in [0.25, 0.3) is 0 Å². The van der Waals surface area contributed by atoms with Crippen LogP contribution in [0.15, 0.2) is 206 Å². The molecule has 2 aliphatic rings. The molecule has 2 heterocycles. The molecule has 0 saturated heterocycles. The molecular formula is C65H87BrN2O6P14S2. The van der Waals surface area contributed by atoms with Crippen LogP contribution in [-0.2, 0) is 41.3 Å². The molecule has 0 amide bonds. The lowest BCUT2D eigenvalue weighted by Gasteiger charge is -2.37. The van der Waals surface area contributed by atoms with E-state index in [1.165, 1.54) is 22.3 Å². The Hall–Kier alpha value is -0.640. The monoisotopic (exact) mass is 1570 g/mol. The van der Waals surface area contributed by atoms with E-state index >= 15 is 0 Å². The quantitative estimate of drug-likeness (QED) is 0.135. The van der Waals surface area contributed by atoms with Gasteiger partial charge in [-0.1, -0.05) is 179 Å². The molecule has 482 valence electrons. The second kappa shape index (κ2) is 32.8. The molecule has 0 spiro atoms. The Bertz CT molecular complexity index is 3810. The van der Waals surface area contributed by atoms with Crippen LogP contribution in [0.1, 0.15) is 113 Å². The van der Waals surface area contributed by atoms with Gasteiger partial charge in [0.05, 0.1) is 0 Å². The van der Waals surface area contributed by atoms with E-state index in [1.54, 1.807) is 72.8 Å². The molecule has 25 heteroatoms. The third-order valence-electron chi connectivity index (χ3n) is 14.1. The summed E-state index contributed by atoms with van der Waals surface area (Å²) in [5.74, 6) is 1.41. The first-order valence-electron chi connectivity index (χ1n) is 28.1. The topological polar surface area (TPSA) is 102 Å². The highest BCUT2D eigenvalue weighted by Crippen LogP contribution is 3.21. The zero-order valence-electron chi connectivity index (χ0n) is 52.2. The van der Waals surface area contributed by atoms with Crippen molar-refractivity contribution in [3.05, 3.63) is 209 Å². The van der Waals surface area contributed by atoms with Crippen molar-refractivity contribution in [2.24, 2.45) is 0 Å². The molecule has 8 atom stereocenters. The maximum absolute atomic E-state index is 13.3. The van der Waals surface area contributed by atoms with Crippen molar-refractivity contribution in [2.75, 3.05) is 10.2 Å². The number of nitrogens with one attached hydrogen (secondary N) is 1. The van der Waals surface area contributed by atoms with Crippen LogP contribution in [0.4, 0.5) is 28.4 Å². The Labute approximate surface area is 572 Å². The van der Waals surface area contributed by atoms with Crippen LogP contribution in [0.25, 0.3) is 0 Å². The molecule has 0 aromatic heterocycles. The fraction of sp³-hybridized carbons (Fsp3) is 0.262. The molecule has 0 bridgehead atoms. The highest BCUT2D eigenvalue weighted by molar-refractivity contribution is 9.27. The average Bonchev–Trinajstić information content (AvgIpc) is 0.766. The van der Waals surface area contributed by atoms with Gasteiger partial charge in [-0.2, -0.15) is 0 Å². The summed E-state index contributed by atoms with van der Waals surface area (Å²) in [6.07, 6.45) is 0. The van der Waals surface area contributed by atoms with Gasteiger partial charge in [-0.15, -0.1) is 71.4 Å². The minimum atomic E-state index is -3.66. The van der Waals surface area contributed by atoms with E-state index in [2.05, 4.69) is 278 Å². The first-order valence-corrected chi connectivity index (χ1v) is 56.4. The molecule has 8 aromatic rings. The highest BCUT2D eigenvalue weighted by Gasteiger charge is 2.35. The molecule has 8 nitrogen and oxygen atoms in total. The highest BCUT2D eigenvalue weighted by atomic mass is 79.9. The van der Waals surface area contributed by atoms with Gasteiger partial charge < -0.3 is 19.7 Å². The summed E-state index contributed by atoms with van der Waals surface area (Å²) in [7, 11) is 17.2. The molecule has 10 rings (SSSR count). The summed E-state index contributed by atoms with van der Waals surface area (Å²) in [6, 6.07) is 58.1. The summed E-state index contributed by atoms with van der Waals surface area (Å²) in [6.45, 7) is 27.4. The summed E-state index contributed by atoms with van der Waals surface area (Å²) in [5, 5.41) is 3.46. The van der Waals surface area contributed by atoms with Gasteiger partial charge in [-0.25, -0.2) is 16.8 Å². The Balaban J connectivity index is 0.000000207. The van der Waals surface area contributed by atoms with Crippen molar-refractivity contribution in [3.8, 4) is 23.0 Å². The van der Waals surface area contributed by atoms with Crippen molar-refractivity contribution < 1.29 is 26.3 Å². The van der Waals surface area contributed by atoms with E-state index in [-0.39, 0.29) is 90.6 Å². The van der Waals surface area contributed by atoms with Crippen molar-refractivity contribution in [1.29, 1.82) is 0 Å². The van der Waals surface area contributed by atoms with Crippen LogP contribution in [0.5, 0.6) is 23.0 Å². The van der Waals surface area contributed by atoms with Crippen LogP contribution in [0, 0.1) is 0 Å². The number of para-hydroxylation sites is 2. The number of hydrogen-bond acceptors (Lipinski definition) is 8. The Morgan fingerprint density at radius 1 is 0.367 bits per heavy atom. The molecular weight excluding hydrogens is 1480 g/mol. The number of fused-ring (bicyclic) bond motifs is 4. The van der Waals surface area contributed by atoms with Crippen LogP contribution in [0.3, 0.4) is 0 Å². The fourth-order valence-corrected chi connectivity index (χ4v) is 160. The summed E-state index contributed by atoms with van der Waals surface area (Å²) < 4.78 is 63.7. The number of nitrogens with zero attached hydrogens (tertiary/aromatic N) is 1. The Morgan fingerprint density at radius 3 is 0.967 bits per heavy atom. The zero-order chi connectivity index (χ0) is 65.8. The second-order valence-electron chi connectivity index (χ2n) is 25.1. The Morgan fingerprint density at radius 2 is 0.644 bits per heavy atom. The van der Waals surface area contributed by atoms with Gasteiger partial charge in [-0.3, -0.25) is 0 Å². The minimum Gasteiger partial charge on any atom is -0.455 e. The predicted octanol–water partition coefficient (Wildman–Crippen LogP) is 26.5. The predicted molar refractivity (Wildman–Crippen MR) is 436 cm³/mol. The first kappa shape index (κ1) is 78.4. The number of anilines is 5. The lowest BCUT2D eigenvalue weighted by molar-refractivity contribution is 0.442. The smallest absolute Gasteiger partial charge is 0.213 e. The van der Waals surface area contributed by atoms with E-state index in [0.29, 0.717) is 23.0 Å². The van der Waals surface area contributed by atoms with Crippen molar-refractivity contribution >= 4 is 177 Å². The van der Waals surface area contributed by atoms with Gasteiger partial charge in [0.1, 0.15) is 42.6 Å². The zero-order valence-corrected chi connectivity index (χ0v) is 70.0. The van der Waals surface area contributed by atoms with Gasteiger partial charge in [0.2, 0.25) is 19.7 Å². The molecule has 8 unspecified atom stereocenters. The number of rotatable bonds is 10. The van der Waals surface area contributed by atoms with E-state index in [0.717, 1.165) is 32.9 Å². The lowest BCUT2D eigenvalue weighted by atomic mass is 9.86. The van der Waals surface area contributed by atoms with E-state index in [9.17, 15) is 16.8 Å². The van der Waals surface area contributed by atoms with E-state index < -0.39 is 19.7 Å². The summed E-state index contributed by atoms with van der Waals surface area (Å²) in [5.41, 5.74) is 10.7. The van der Waals surface area contributed by atoms with Crippen molar-refractivity contribution in [3.63, 3.8) is 0 Å². The molecule has 0 fully saturated rings. The number of benzene rings is 8. The Kier molecular flexibility index (Phi) is 28.6. The maximum Gasteiger partial charge on any atom is 0.213 e. The molecule has 2 aliphatic heterocycles. The SMILES string of the molecule is C.CC(C)(C)c1ccc(N(c2ccc(C(C)(C)C)cc2)c2ccc3c(c2)Oc2ccccc2S3(=O)=O)cc1.CC(C)(C)c1ccc(Nc2ccc(C(C)(C)C)cc2)cc1.O=S1(=O)c2ccccc2Oc2cc(Br)ccc21.PP(P)P(P(P)P)P(P(P)P)P(P)P. The molecule has 0 saturated carbocycles. The van der Waals surface area contributed by atoms with Crippen molar-refractivity contribution in [1.82, 2.24) is 0 Å². The van der Waals surface area contributed by atoms with Gasteiger partial charge in [0, 0.05) is 39.0 Å². The second-order valence-corrected chi connectivity index (χ2v) is 83.3. The van der Waals surface area contributed by atoms with E-state index in [1.807, 2.05) is 12.1 Å². The lowest BCUT2D eigenvalue weighted by Crippen LogP contribution is -2.15. The average molecular weight is 1570 g/mol. The van der Waals surface area contributed by atoms with Gasteiger partial charge in [-0.05, 0) is 189 Å². The first-order chi connectivity index (χ1) is 41.4. The molecule has 90 heavy (non-hydrogen) atoms. The minimum absolute atomic E-state index is 0. The molecule has 8 aromatic carbocycles. The van der Waals surface area contributed by atoms with Crippen molar-refractivity contribution in [2.45, 2.75) is 132 Å². The summed E-state index contributed by atoms with van der Waals surface area (Å²) >= 11 is 3.29. The molecule has 0 aliphatic carbocycles. The number of halogens is 1. The van der Waals surface area contributed by atoms with Crippen LogP contribution in [0.2, 0.25) is 0 Å². The van der Waals surface area contributed by atoms with Crippen LogP contribution >= 0.6 is 129 Å². The number of sulfone groups is 2. The molecule has 1 N–H and O–H groups in total. The standard InChI is InChI=1S/C32H33NO3S.C20H27N.C12H7BrO3S.CH4.H16P14/c1-31(2,3)22-11-15-24(16-12-22)33(25-17-13-23(14-18-25)32(4,5)6)26-19-20-30-28(21-26)36-27-9-7-8-10-29(27)37(30,34)35;1-19(2,3)15-7-11-17(12-8-15)21-18-13-9-16(10-14-18)20(4,5)6;13-8-5-6-12-10(7-8)16-9-3-1-2-4-11(9)17(12,14)15;;1-9(2)13(10(3)4)14(11(5)6)12(7)8/h7-21H,1-6H3;7-14,21H,1-6H3;1-7H;1H4;1-8H2. The van der Waals surface area contributed by atoms with Gasteiger partial charge in [0.15, 0.2) is 0 Å².